The Balaban J connectivity index is 1.40. The summed E-state index contributed by atoms with van der Waals surface area (Å²) in [6, 6.07) is 7.32. The molecule has 5 aliphatic rings. The van der Waals surface area contributed by atoms with Crippen molar-refractivity contribution in [1.29, 1.82) is 0 Å². The molecule has 6 rings (SSSR count). The number of hydrogen-bond acceptors (Lipinski definition) is 11. The van der Waals surface area contributed by atoms with Gasteiger partial charge in [-0.3, -0.25) is 28.9 Å². The summed E-state index contributed by atoms with van der Waals surface area (Å²) in [7, 11) is 0. The predicted octanol–water partition coefficient (Wildman–Crippen LogP) is 15.2. The standard InChI is InChI=1S/C65H100ClNO11/c1-20-21-43-44-28-34-64(19)49(62(44,17)32-31-48(43)74-50(69)36-60(13,14)54(71)76-57(4,5)6)27-26-45-53-46(29-33-63(45,64)18)65(35-30-47(68)52(53)40(2)3,75-51(70)37-61(15,16)55(72)77-58(7,8)9)39-67(56(73)78-59(10,11)12)38-41-22-24-42(66)25-23-41/h22-25,40,43-46,48-49H,20-21,26-39H2,1-19H3/t43-,44+,45-,46+,48+,49-,62+,63-,64-,65-/m1/s1. The Morgan fingerprint density at radius 3 is 1.77 bits per heavy atom. The first-order valence-corrected chi connectivity index (χ1v) is 30.0. The van der Waals surface area contributed by atoms with Gasteiger partial charge in [0.25, 0.3) is 0 Å². The van der Waals surface area contributed by atoms with Crippen LogP contribution in [0.25, 0.3) is 0 Å². The number of halogens is 1. The van der Waals surface area contributed by atoms with Crippen LogP contribution < -0.4 is 0 Å². The molecule has 1 aromatic rings. The fourth-order valence-electron chi connectivity index (χ4n) is 15.5. The van der Waals surface area contributed by atoms with E-state index in [1.165, 1.54) is 0 Å². The van der Waals surface area contributed by atoms with Crippen LogP contribution in [0.1, 0.15) is 227 Å². The maximum Gasteiger partial charge on any atom is 0.410 e. The van der Waals surface area contributed by atoms with Gasteiger partial charge in [-0.15, -0.1) is 0 Å². The van der Waals surface area contributed by atoms with Crippen LogP contribution in [-0.4, -0.2) is 75.7 Å². The summed E-state index contributed by atoms with van der Waals surface area (Å²) in [5, 5.41) is 0.557. The van der Waals surface area contributed by atoms with E-state index in [2.05, 4.69) is 41.5 Å². The van der Waals surface area contributed by atoms with Crippen molar-refractivity contribution in [1.82, 2.24) is 4.90 Å². The highest BCUT2D eigenvalue weighted by molar-refractivity contribution is 6.30. The van der Waals surface area contributed by atoms with Crippen LogP contribution in [-0.2, 0) is 54.2 Å². The average molecular weight is 1110 g/mol. The summed E-state index contributed by atoms with van der Waals surface area (Å²) in [6.45, 7) is 37.3. The Morgan fingerprint density at radius 2 is 1.23 bits per heavy atom. The molecule has 78 heavy (non-hydrogen) atoms. The van der Waals surface area contributed by atoms with E-state index < -0.39 is 63.2 Å². The first-order chi connectivity index (χ1) is 35.7. The van der Waals surface area contributed by atoms with E-state index in [0.29, 0.717) is 23.3 Å². The molecular formula is C65H100ClNO11. The first kappa shape index (κ1) is 63.3. The minimum absolute atomic E-state index is 0.0170. The maximum atomic E-state index is 15.2. The summed E-state index contributed by atoms with van der Waals surface area (Å²) in [5.41, 5.74) is -3.66. The highest BCUT2D eigenvalue weighted by Crippen LogP contribution is 2.75. The molecule has 12 nitrogen and oxygen atoms in total. The minimum atomic E-state index is -1.37. The lowest BCUT2D eigenvalue weighted by Crippen LogP contribution is -2.65. The summed E-state index contributed by atoms with van der Waals surface area (Å²) in [4.78, 5) is 87.3. The Hall–Kier alpha value is -3.93. The lowest BCUT2D eigenvalue weighted by atomic mass is 9.34. The normalized spacial score (nSPS) is 30.7. The van der Waals surface area contributed by atoms with Gasteiger partial charge in [0.05, 0.1) is 30.2 Å². The second kappa shape index (κ2) is 22.8. The van der Waals surface area contributed by atoms with Crippen LogP contribution in [0.5, 0.6) is 0 Å². The van der Waals surface area contributed by atoms with Gasteiger partial charge in [-0.1, -0.05) is 77.3 Å². The van der Waals surface area contributed by atoms with Crippen molar-refractivity contribution in [2.24, 2.45) is 62.6 Å². The van der Waals surface area contributed by atoms with Gasteiger partial charge in [0.15, 0.2) is 5.78 Å². The molecule has 0 radical (unpaired) electrons. The zero-order valence-electron chi connectivity index (χ0n) is 51.5. The van der Waals surface area contributed by atoms with Crippen molar-refractivity contribution in [2.45, 2.75) is 256 Å². The van der Waals surface area contributed by atoms with E-state index in [1.807, 2.05) is 53.7 Å². The quantitative estimate of drug-likeness (QED) is 0.122. The number of fused-ring (bicyclic) bond motifs is 7. The number of ether oxygens (including phenoxy) is 5. The van der Waals surface area contributed by atoms with Crippen LogP contribution in [0.4, 0.5) is 4.79 Å². The zero-order chi connectivity index (χ0) is 58.6. The second-order valence-electron chi connectivity index (χ2n) is 29.9. The van der Waals surface area contributed by atoms with Gasteiger partial charge in [0, 0.05) is 23.9 Å². The Kier molecular flexibility index (Phi) is 18.5. The number of hydrogen-bond donors (Lipinski definition) is 0. The summed E-state index contributed by atoms with van der Waals surface area (Å²) in [5.74, 6) is -1.52. The van der Waals surface area contributed by atoms with Gasteiger partial charge >= 0.3 is 30.0 Å². The largest absolute Gasteiger partial charge is 0.462 e. The molecule has 0 heterocycles. The van der Waals surface area contributed by atoms with E-state index in [1.54, 1.807) is 65.5 Å². The highest BCUT2D eigenvalue weighted by Gasteiger charge is 2.69. The predicted molar refractivity (Wildman–Crippen MR) is 305 cm³/mol. The summed E-state index contributed by atoms with van der Waals surface area (Å²) >= 11 is 6.37. The molecule has 0 aromatic heterocycles. The molecule has 0 saturated heterocycles. The lowest BCUT2D eigenvalue weighted by Gasteiger charge is -2.71. The van der Waals surface area contributed by atoms with E-state index >= 15 is 4.79 Å². The number of ketones is 1. The third-order valence-corrected chi connectivity index (χ3v) is 19.4. The topological polar surface area (TPSA) is 152 Å². The molecule has 4 fully saturated rings. The van der Waals surface area contributed by atoms with Crippen molar-refractivity contribution in [3.05, 3.63) is 46.0 Å². The Labute approximate surface area is 474 Å². The Morgan fingerprint density at radius 1 is 0.679 bits per heavy atom. The minimum Gasteiger partial charge on any atom is -0.462 e. The molecule has 4 saturated carbocycles. The Bertz CT molecular complexity index is 2440. The first-order valence-electron chi connectivity index (χ1n) is 29.6. The molecule has 5 aliphatic carbocycles. The molecule has 0 aliphatic heterocycles. The van der Waals surface area contributed by atoms with E-state index in [4.69, 9.17) is 35.3 Å². The number of benzene rings is 1. The number of carbonyl (C=O) groups is 6. The van der Waals surface area contributed by atoms with Gasteiger partial charge in [-0.05, 0) is 223 Å². The van der Waals surface area contributed by atoms with Crippen LogP contribution >= 0.6 is 11.6 Å². The number of amides is 1. The lowest BCUT2D eigenvalue weighted by molar-refractivity contribution is -0.220. The molecule has 10 atom stereocenters. The number of allylic oxidation sites excluding steroid dienone is 1. The number of Topliss-reactive ketones (excluding diaryl/α,β-unsaturated/α-hetero) is 1. The third-order valence-electron chi connectivity index (χ3n) is 19.2. The van der Waals surface area contributed by atoms with Crippen molar-refractivity contribution in [2.75, 3.05) is 6.54 Å². The van der Waals surface area contributed by atoms with Gasteiger partial charge in [0.2, 0.25) is 0 Å². The molecule has 1 aromatic carbocycles. The number of esters is 4. The van der Waals surface area contributed by atoms with Gasteiger partial charge < -0.3 is 23.7 Å². The van der Waals surface area contributed by atoms with E-state index in [0.717, 1.165) is 74.5 Å². The SMILES string of the molecule is CCC[C@H]1[C@@H](OC(=O)CC(C)(C)C(=O)OC(C)(C)C)CC[C@]2(C)[C@H]3CC[C@@H]4C5=C(C(C)C)C(=O)CC[C@](CN(Cc6ccc(Cl)cc6)C(=O)OC(C)(C)C)(OC(=O)CC(C)(C)C(=O)OC(C)(C)C)[C@H]5CC[C@@]4(C)[C@]3(C)CC[C@@H]12. The van der Waals surface area contributed by atoms with Gasteiger partial charge in [-0.2, -0.15) is 0 Å². The molecule has 0 bridgehead atoms. The van der Waals surface area contributed by atoms with E-state index in [9.17, 15) is 24.0 Å². The number of nitrogens with zero attached hydrogens (tertiary/aromatic N) is 1. The van der Waals surface area contributed by atoms with Crippen LogP contribution in [0, 0.1) is 62.6 Å². The van der Waals surface area contributed by atoms with Gasteiger partial charge in [-0.25, -0.2) is 4.79 Å². The average Bonchev–Trinajstić information content (AvgIpc) is 3.58. The van der Waals surface area contributed by atoms with Crippen LogP contribution in [0.3, 0.4) is 0 Å². The van der Waals surface area contributed by atoms with Crippen LogP contribution in [0.2, 0.25) is 5.02 Å². The summed E-state index contributed by atoms with van der Waals surface area (Å²) < 4.78 is 31.2. The molecule has 0 spiro atoms. The van der Waals surface area contributed by atoms with E-state index in [-0.39, 0.29) is 90.6 Å². The van der Waals surface area contributed by atoms with Crippen molar-refractivity contribution in [3.8, 4) is 0 Å². The van der Waals surface area contributed by atoms with Crippen molar-refractivity contribution in [3.63, 3.8) is 0 Å². The number of carbonyl (C=O) groups excluding carboxylic acids is 6. The molecule has 13 heteroatoms. The second-order valence-corrected chi connectivity index (χ2v) is 30.3. The van der Waals surface area contributed by atoms with Gasteiger partial charge in [0.1, 0.15) is 28.5 Å². The van der Waals surface area contributed by atoms with Crippen molar-refractivity contribution >= 4 is 47.4 Å². The fourth-order valence-corrected chi connectivity index (χ4v) is 15.6. The van der Waals surface area contributed by atoms with Crippen LogP contribution in [0.15, 0.2) is 35.4 Å². The third kappa shape index (κ3) is 13.5. The monoisotopic (exact) mass is 1110 g/mol. The summed E-state index contributed by atoms with van der Waals surface area (Å²) in [6.07, 6.45) is 7.95. The maximum absolute atomic E-state index is 15.2. The zero-order valence-corrected chi connectivity index (χ0v) is 52.2. The molecule has 1 amide bonds. The number of rotatable bonds is 15. The van der Waals surface area contributed by atoms with Crippen molar-refractivity contribution < 1.29 is 52.5 Å². The smallest absolute Gasteiger partial charge is 0.410 e. The molecule has 438 valence electrons. The molecular weight excluding hydrogens is 1010 g/mol. The molecule has 0 N–H and O–H groups in total. The highest BCUT2D eigenvalue weighted by atomic mass is 35.5. The molecule has 0 unspecified atom stereocenters. The fraction of sp³-hybridized carbons (Fsp3) is 0.785.